The normalized spacial score (nSPS) is 36.3. The summed E-state index contributed by atoms with van der Waals surface area (Å²) in [4.78, 5) is 0. The molecule has 2 atom stereocenters. The maximum absolute atomic E-state index is 3.53. The van der Waals surface area contributed by atoms with E-state index in [9.17, 15) is 0 Å². The number of hydrogen-bond acceptors (Lipinski definition) is 2. The smallest absolute Gasteiger partial charge is 0.0211 e. The third-order valence-corrected chi connectivity index (χ3v) is 3.49. The number of nitrogens with one attached hydrogen (secondary N) is 2. The van der Waals surface area contributed by atoms with Gasteiger partial charge in [0, 0.05) is 30.9 Å². The molecule has 2 unspecified atom stereocenters. The maximum Gasteiger partial charge on any atom is 0.0211 e. The van der Waals surface area contributed by atoms with Crippen LogP contribution in [0.4, 0.5) is 0 Å². The summed E-state index contributed by atoms with van der Waals surface area (Å²) in [6.07, 6.45) is 8.66. The number of hydrogen-bond donors (Lipinski definition) is 2. The second-order valence-electron chi connectivity index (χ2n) is 4.35. The Kier molecular flexibility index (Phi) is 1.61. The largest absolute Gasteiger partial charge is 0.390 e. The minimum Gasteiger partial charge on any atom is -0.390 e. The molecule has 2 heterocycles. The van der Waals surface area contributed by atoms with E-state index in [1.54, 1.807) is 0 Å². The van der Waals surface area contributed by atoms with Crippen LogP contribution >= 0.6 is 0 Å². The lowest BCUT2D eigenvalue weighted by atomic mass is 9.79. The van der Waals surface area contributed by atoms with Crippen LogP contribution in [0, 0.1) is 11.8 Å². The molecule has 2 aliphatic heterocycles. The van der Waals surface area contributed by atoms with Gasteiger partial charge in [-0.05, 0) is 36.8 Å². The van der Waals surface area contributed by atoms with E-state index in [0.717, 1.165) is 18.4 Å². The van der Waals surface area contributed by atoms with Crippen molar-refractivity contribution in [1.29, 1.82) is 0 Å². The van der Waals surface area contributed by atoms with Crippen molar-refractivity contribution in [1.82, 2.24) is 10.6 Å². The van der Waals surface area contributed by atoms with Gasteiger partial charge in [0.2, 0.25) is 0 Å². The SMILES string of the molecule is C1=C2C=C3NCCCC3CC2CN1. The molecule has 3 aliphatic rings. The first-order chi connectivity index (χ1) is 6.43. The van der Waals surface area contributed by atoms with Crippen LogP contribution in [-0.2, 0) is 0 Å². The van der Waals surface area contributed by atoms with Crippen LogP contribution in [0.2, 0.25) is 0 Å². The summed E-state index contributed by atoms with van der Waals surface area (Å²) in [7, 11) is 0. The van der Waals surface area contributed by atoms with Gasteiger partial charge in [-0.2, -0.15) is 0 Å². The Hall–Kier alpha value is -0.920. The molecule has 2 heteroatoms. The van der Waals surface area contributed by atoms with Gasteiger partial charge in [0.25, 0.3) is 0 Å². The zero-order valence-electron chi connectivity index (χ0n) is 7.84. The van der Waals surface area contributed by atoms with Crippen LogP contribution in [0.5, 0.6) is 0 Å². The Morgan fingerprint density at radius 2 is 2.31 bits per heavy atom. The van der Waals surface area contributed by atoms with Gasteiger partial charge < -0.3 is 10.6 Å². The fraction of sp³-hybridized carbons (Fsp3) is 0.636. The molecule has 0 aromatic carbocycles. The van der Waals surface area contributed by atoms with Crippen LogP contribution in [0.15, 0.2) is 23.5 Å². The second-order valence-corrected chi connectivity index (χ2v) is 4.35. The molecule has 2 N–H and O–H groups in total. The standard InChI is InChI=1S/C11H16N2/c1-2-8-4-9-6-12-7-10(9)5-11(8)13-3-1/h5,7-9,12-13H,1-4,6H2. The van der Waals surface area contributed by atoms with Gasteiger partial charge in [-0.25, -0.2) is 0 Å². The molecule has 2 nitrogen and oxygen atoms in total. The number of fused-ring (bicyclic) bond motifs is 2. The molecule has 13 heavy (non-hydrogen) atoms. The summed E-state index contributed by atoms with van der Waals surface area (Å²) in [5, 5.41) is 6.87. The summed E-state index contributed by atoms with van der Waals surface area (Å²) >= 11 is 0. The van der Waals surface area contributed by atoms with Crippen molar-refractivity contribution in [3.8, 4) is 0 Å². The number of allylic oxidation sites excluding steroid dienone is 2. The molecule has 0 radical (unpaired) electrons. The quantitative estimate of drug-likeness (QED) is 0.582. The first-order valence-electron chi connectivity index (χ1n) is 5.32. The highest BCUT2D eigenvalue weighted by atomic mass is 14.9. The Morgan fingerprint density at radius 3 is 3.31 bits per heavy atom. The third kappa shape index (κ3) is 1.16. The molecule has 3 rings (SSSR count). The van der Waals surface area contributed by atoms with Crippen molar-refractivity contribution in [2.45, 2.75) is 19.3 Å². The molecular weight excluding hydrogens is 160 g/mol. The van der Waals surface area contributed by atoms with E-state index in [4.69, 9.17) is 0 Å². The van der Waals surface area contributed by atoms with E-state index < -0.39 is 0 Å². The fourth-order valence-corrected chi connectivity index (χ4v) is 2.75. The molecule has 0 bridgehead atoms. The van der Waals surface area contributed by atoms with Gasteiger partial charge in [0.1, 0.15) is 0 Å². The lowest BCUT2D eigenvalue weighted by Crippen LogP contribution is -2.32. The van der Waals surface area contributed by atoms with Crippen LogP contribution in [0.1, 0.15) is 19.3 Å². The van der Waals surface area contributed by atoms with Gasteiger partial charge in [0.15, 0.2) is 0 Å². The second kappa shape index (κ2) is 2.79. The van der Waals surface area contributed by atoms with Crippen molar-refractivity contribution >= 4 is 0 Å². The molecule has 0 amide bonds. The molecule has 1 aliphatic carbocycles. The van der Waals surface area contributed by atoms with Crippen molar-refractivity contribution in [3.05, 3.63) is 23.5 Å². The zero-order chi connectivity index (χ0) is 8.67. The van der Waals surface area contributed by atoms with Gasteiger partial charge >= 0.3 is 0 Å². The Labute approximate surface area is 79.1 Å². The summed E-state index contributed by atoms with van der Waals surface area (Å²) in [6, 6.07) is 0. The van der Waals surface area contributed by atoms with Gasteiger partial charge in [-0.15, -0.1) is 0 Å². The monoisotopic (exact) mass is 176 g/mol. The van der Waals surface area contributed by atoms with E-state index in [1.165, 1.54) is 37.1 Å². The van der Waals surface area contributed by atoms with Crippen molar-refractivity contribution in [2.75, 3.05) is 13.1 Å². The zero-order valence-corrected chi connectivity index (χ0v) is 7.84. The van der Waals surface area contributed by atoms with E-state index in [1.807, 2.05) is 0 Å². The first-order valence-corrected chi connectivity index (χ1v) is 5.32. The molecule has 70 valence electrons. The topological polar surface area (TPSA) is 24.1 Å². The molecule has 0 aromatic rings. The average molecular weight is 176 g/mol. The lowest BCUT2D eigenvalue weighted by Gasteiger charge is -2.33. The average Bonchev–Trinajstić information content (AvgIpc) is 2.61. The Bertz CT molecular complexity index is 278. The highest BCUT2D eigenvalue weighted by Gasteiger charge is 2.30. The van der Waals surface area contributed by atoms with E-state index in [-0.39, 0.29) is 0 Å². The molecule has 0 spiro atoms. The minimum atomic E-state index is 0.800. The molecule has 0 aromatic heterocycles. The summed E-state index contributed by atoms with van der Waals surface area (Å²) in [5.41, 5.74) is 3.01. The van der Waals surface area contributed by atoms with Crippen LogP contribution in [-0.4, -0.2) is 13.1 Å². The molecular formula is C11H16N2. The Balaban J connectivity index is 1.90. The highest BCUT2D eigenvalue weighted by molar-refractivity contribution is 5.33. The predicted molar refractivity (Wildman–Crippen MR) is 53.0 cm³/mol. The van der Waals surface area contributed by atoms with Crippen LogP contribution in [0.25, 0.3) is 0 Å². The molecule has 1 fully saturated rings. The first kappa shape index (κ1) is 7.48. The molecule has 1 saturated heterocycles. The van der Waals surface area contributed by atoms with Crippen LogP contribution < -0.4 is 10.6 Å². The van der Waals surface area contributed by atoms with Crippen LogP contribution in [0.3, 0.4) is 0 Å². The third-order valence-electron chi connectivity index (χ3n) is 3.49. The highest BCUT2D eigenvalue weighted by Crippen LogP contribution is 2.37. The summed E-state index contributed by atoms with van der Waals surface area (Å²) < 4.78 is 0. The van der Waals surface area contributed by atoms with Gasteiger partial charge in [-0.3, -0.25) is 0 Å². The number of piperidine rings is 1. The van der Waals surface area contributed by atoms with Gasteiger partial charge in [-0.1, -0.05) is 0 Å². The molecule has 0 saturated carbocycles. The van der Waals surface area contributed by atoms with Crippen molar-refractivity contribution in [3.63, 3.8) is 0 Å². The number of rotatable bonds is 0. The minimum absolute atomic E-state index is 0.800. The fourth-order valence-electron chi connectivity index (χ4n) is 2.75. The van der Waals surface area contributed by atoms with E-state index in [2.05, 4.69) is 22.9 Å². The Morgan fingerprint density at radius 1 is 1.31 bits per heavy atom. The maximum atomic E-state index is 3.53. The van der Waals surface area contributed by atoms with Crippen molar-refractivity contribution < 1.29 is 0 Å². The van der Waals surface area contributed by atoms with E-state index in [0.29, 0.717) is 0 Å². The lowest BCUT2D eigenvalue weighted by molar-refractivity contribution is 0.362. The summed E-state index contributed by atoms with van der Waals surface area (Å²) in [5.74, 6) is 1.63. The van der Waals surface area contributed by atoms with E-state index >= 15 is 0 Å². The summed E-state index contributed by atoms with van der Waals surface area (Å²) in [6.45, 7) is 2.34. The predicted octanol–water partition coefficient (Wildman–Crippen LogP) is 1.38. The van der Waals surface area contributed by atoms with Gasteiger partial charge in [0.05, 0.1) is 0 Å². The van der Waals surface area contributed by atoms with Crippen molar-refractivity contribution in [2.24, 2.45) is 11.8 Å².